The first-order valence-electron chi connectivity index (χ1n) is 5.46. The molecule has 0 saturated heterocycles. The number of aliphatic hydroxyl groups is 2. The third-order valence-electron chi connectivity index (χ3n) is 2.08. The highest BCUT2D eigenvalue weighted by atomic mass is 16.6. The third-order valence-corrected chi connectivity index (χ3v) is 2.08. The number of carbonyl (C=O) groups excluding carboxylic acids is 2. The molecule has 6 nitrogen and oxygen atoms in total. The lowest BCUT2D eigenvalue weighted by Gasteiger charge is -2.21. The molecule has 0 aliphatic heterocycles. The van der Waals surface area contributed by atoms with E-state index in [0.717, 1.165) is 12.2 Å². The molecular formula is C12H18O6. The van der Waals surface area contributed by atoms with E-state index < -0.39 is 24.1 Å². The van der Waals surface area contributed by atoms with Crippen LogP contribution in [-0.4, -0.2) is 47.6 Å². The second kappa shape index (κ2) is 9.38. The smallest absolute Gasteiger partial charge is 0.330 e. The molecule has 2 atom stereocenters. The minimum atomic E-state index is -1.03. The molecule has 102 valence electrons. The van der Waals surface area contributed by atoms with Crippen LogP contribution < -0.4 is 0 Å². The first-order chi connectivity index (χ1) is 8.54. The molecule has 2 N–H and O–H groups in total. The zero-order chi connectivity index (χ0) is 14.0. The SMILES string of the molecule is C=CC(=O)OCC(OC(=O)C=C)C(O)CCCO. The quantitative estimate of drug-likeness (QED) is 0.445. The molecule has 0 bridgehead atoms. The van der Waals surface area contributed by atoms with E-state index in [1.54, 1.807) is 0 Å². The highest BCUT2D eigenvalue weighted by Crippen LogP contribution is 2.08. The van der Waals surface area contributed by atoms with Crippen LogP contribution in [0.15, 0.2) is 25.3 Å². The summed E-state index contributed by atoms with van der Waals surface area (Å²) in [5.74, 6) is -1.40. The van der Waals surface area contributed by atoms with Crippen molar-refractivity contribution in [2.45, 2.75) is 25.0 Å². The van der Waals surface area contributed by atoms with Crippen molar-refractivity contribution in [2.24, 2.45) is 0 Å². The molecule has 2 unspecified atom stereocenters. The Kier molecular flexibility index (Phi) is 8.51. The van der Waals surface area contributed by atoms with Gasteiger partial charge in [-0.15, -0.1) is 0 Å². The van der Waals surface area contributed by atoms with Gasteiger partial charge in [-0.2, -0.15) is 0 Å². The Bertz CT molecular complexity index is 299. The van der Waals surface area contributed by atoms with Gasteiger partial charge in [0.15, 0.2) is 6.10 Å². The van der Waals surface area contributed by atoms with Crippen LogP contribution in [0.25, 0.3) is 0 Å². The van der Waals surface area contributed by atoms with Crippen molar-refractivity contribution in [1.29, 1.82) is 0 Å². The van der Waals surface area contributed by atoms with Crippen LogP contribution in [-0.2, 0) is 19.1 Å². The molecule has 6 heteroatoms. The Morgan fingerprint density at radius 1 is 1.22 bits per heavy atom. The van der Waals surface area contributed by atoms with E-state index in [1.165, 1.54) is 0 Å². The van der Waals surface area contributed by atoms with Crippen LogP contribution in [0.3, 0.4) is 0 Å². The number of ether oxygens (including phenoxy) is 2. The van der Waals surface area contributed by atoms with Gasteiger partial charge in [-0.25, -0.2) is 9.59 Å². The monoisotopic (exact) mass is 258 g/mol. The molecule has 0 aromatic rings. The van der Waals surface area contributed by atoms with Crippen molar-refractivity contribution in [2.75, 3.05) is 13.2 Å². The van der Waals surface area contributed by atoms with Crippen molar-refractivity contribution in [3.05, 3.63) is 25.3 Å². The maximum Gasteiger partial charge on any atom is 0.330 e. The number of carbonyl (C=O) groups is 2. The van der Waals surface area contributed by atoms with Gasteiger partial charge in [0.1, 0.15) is 6.61 Å². The summed E-state index contributed by atoms with van der Waals surface area (Å²) in [5, 5.41) is 18.4. The molecular weight excluding hydrogens is 240 g/mol. The van der Waals surface area contributed by atoms with E-state index in [-0.39, 0.29) is 19.6 Å². The summed E-state index contributed by atoms with van der Waals surface area (Å²) < 4.78 is 9.56. The van der Waals surface area contributed by atoms with Crippen LogP contribution in [0.2, 0.25) is 0 Å². The number of rotatable bonds is 9. The lowest BCUT2D eigenvalue weighted by molar-refractivity contribution is -0.160. The Hall–Kier alpha value is -1.66. The Morgan fingerprint density at radius 3 is 2.33 bits per heavy atom. The number of hydrogen-bond acceptors (Lipinski definition) is 6. The first kappa shape index (κ1) is 16.3. The summed E-state index contributed by atoms with van der Waals surface area (Å²) >= 11 is 0. The molecule has 0 spiro atoms. The summed E-state index contributed by atoms with van der Waals surface area (Å²) in [6, 6.07) is 0. The number of aliphatic hydroxyl groups excluding tert-OH is 2. The summed E-state index contributed by atoms with van der Waals surface area (Å²) in [4.78, 5) is 21.9. The van der Waals surface area contributed by atoms with Crippen molar-refractivity contribution in [3.63, 3.8) is 0 Å². The van der Waals surface area contributed by atoms with E-state index in [0.29, 0.717) is 6.42 Å². The van der Waals surface area contributed by atoms with Gasteiger partial charge in [0.25, 0.3) is 0 Å². The van der Waals surface area contributed by atoms with Gasteiger partial charge in [0.2, 0.25) is 0 Å². The normalized spacial score (nSPS) is 13.2. The lowest BCUT2D eigenvalue weighted by Crippen LogP contribution is -2.35. The van der Waals surface area contributed by atoms with Gasteiger partial charge in [0, 0.05) is 18.8 Å². The topological polar surface area (TPSA) is 93.1 Å². The van der Waals surface area contributed by atoms with Gasteiger partial charge >= 0.3 is 11.9 Å². The van der Waals surface area contributed by atoms with Crippen LogP contribution in [0, 0.1) is 0 Å². The average Bonchev–Trinajstić information content (AvgIpc) is 2.39. The lowest BCUT2D eigenvalue weighted by atomic mass is 10.1. The zero-order valence-corrected chi connectivity index (χ0v) is 10.1. The molecule has 0 aromatic carbocycles. The van der Waals surface area contributed by atoms with Gasteiger partial charge in [-0.05, 0) is 12.8 Å². The third kappa shape index (κ3) is 6.82. The molecule has 0 fully saturated rings. The standard InChI is InChI=1S/C12H18O6/c1-3-11(15)17-8-10(18-12(16)4-2)9(14)6-5-7-13/h3-4,9-10,13-14H,1-2,5-8H2. The minimum absolute atomic E-state index is 0.0916. The van der Waals surface area contributed by atoms with E-state index in [9.17, 15) is 14.7 Å². The van der Waals surface area contributed by atoms with Crippen molar-refractivity contribution < 1.29 is 29.3 Å². The average molecular weight is 258 g/mol. The summed E-state index contributed by atoms with van der Waals surface area (Å²) in [7, 11) is 0. The minimum Gasteiger partial charge on any atom is -0.458 e. The molecule has 0 radical (unpaired) electrons. The van der Waals surface area contributed by atoms with E-state index in [2.05, 4.69) is 13.2 Å². The second-order valence-electron chi connectivity index (χ2n) is 3.45. The Balaban J connectivity index is 4.39. The summed E-state index contributed by atoms with van der Waals surface area (Å²) in [6.07, 6.45) is 0.452. The van der Waals surface area contributed by atoms with Crippen LogP contribution in [0.1, 0.15) is 12.8 Å². The predicted octanol–water partition coefficient (Wildman–Crippen LogP) is -0.0532. The largest absolute Gasteiger partial charge is 0.458 e. The van der Waals surface area contributed by atoms with E-state index in [1.807, 2.05) is 0 Å². The van der Waals surface area contributed by atoms with Crippen molar-refractivity contribution >= 4 is 11.9 Å². The zero-order valence-electron chi connectivity index (χ0n) is 10.1. The van der Waals surface area contributed by atoms with Gasteiger partial charge in [-0.1, -0.05) is 13.2 Å². The predicted molar refractivity (Wildman–Crippen MR) is 63.6 cm³/mol. The molecule has 18 heavy (non-hydrogen) atoms. The Labute approximate surface area is 106 Å². The van der Waals surface area contributed by atoms with Crippen LogP contribution in [0.4, 0.5) is 0 Å². The first-order valence-corrected chi connectivity index (χ1v) is 5.46. The molecule has 0 heterocycles. The van der Waals surface area contributed by atoms with Gasteiger partial charge in [0.05, 0.1) is 6.10 Å². The summed E-state index contributed by atoms with van der Waals surface area (Å²) in [6.45, 7) is 6.07. The molecule has 0 saturated carbocycles. The maximum atomic E-state index is 11.1. The van der Waals surface area contributed by atoms with Gasteiger partial charge < -0.3 is 19.7 Å². The maximum absolute atomic E-state index is 11.1. The number of hydrogen-bond donors (Lipinski definition) is 2. The van der Waals surface area contributed by atoms with Gasteiger partial charge in [-0.3, -0.25) is 0 Å². The highest BCUT2D eigenvalue weighted by molar-refractivity contribution is 5.82. The Morgan fingerprint density at radius 2 is 1.83 bits per heavy atom. The highest BCUT2D eigenvalue weighted by Gasteiger charge is 2.23. The van der Waals surface area contributed by atoms with E-state index >= 15 is 0 Å². The van der Waals surface area contributed by atoms with E-state index in [4.69, 9.17) is 14.6 Å². The number of esters is 2. The van der Waals surface area contributed by atoms with Crippen LogP contribution >= 0.6 is 0 Å². The van der Waals surface area contributed by atoms with Crippen molar-refractivity contribution in [3.8, 4) is 0 Å². The summed E-state index contributed by atoms with van der Waals surface area (Å²) in [5.41, 5.74) is 0. The fourth-order valence-electron chi connectivity index (χ4n) is 1.13. The molecule has 0 aliphatic rings. The van der Waals surface area contributed by atoms with Crippen molar-refractivity contribution in [1.82, 2.24) is 0 Å². The molecule has 0 rings (SSSR count). The fourth-order valence-corrected chi connectivity index (χ4v) is 1.13. The van der Waals surface area contributed by atoms with Crippen LogP contribution in [0.5, 0.6) is 0 Å². The second-order valence-corrected chi connectivity index (χ2v) is 3.45. The molecule has 0 aliphatic carbocycles. The molecule has 0 amide bonds. The molecule has 0 aromatic heterocycles. The fraction of sp³-hybridized carbons (Fsp3) is 0.500.